The zero-order valence-corrected chi connectivity index (χ0v) is 11.2. The van der Waals surface area contributed by atoms with E-state index < -0.39 is 0 Å². The first-order valence-electron chi connectivity index (χ1n) is 6.78. The van der Waals surface area contributed by atoms with Gasteiger partial charge in [0.2, 0.25) is 0 Å². The summed E-state index contributed by atoms with van der Waals surface area (Å²) in [7, 11) is 0. The summed E-state index contributed by atoms with van der Waals surface area (Å²) in [4.78, 5) is 16.6. The highest BCUT2D eigenvalue weighted by Crippen LogP contribution is 2.40. The largest absolute Gasteiger partial charge is 0.492 e. The fourth-order valence-corrected chi connectivity index (χ4v) is 2.57. The molecule has 1 saturated carbocycles. The molecule has 3 nitrogen and oxygen atoms in total. The smallest absolute Gasteiger partial charge is 0.170 e. The molecule has 2 rings (SSSR count). The second-order valence-electron chi connectivity index (χ2n) is 5.35. The van der Waals surface area contributed by atoms with Crippen LogP contribution in [0.1, 0.15) is 56.3 Å². The second-order valence-corrected chi connectivity index (χ2v) is 5.35. The number of aromatic nitrogens is 1. The highest BCUT2D eigenvalue weighted by atomic mass is 16.5. The first-order valence-corrected chi connectivity index (χ1v) is 6.78. The van der Waals surface area contributed by atoms with Crippen LogP contribution in [0.3, 0.4) is 0 Å². The number of carbonyl (C=O) groups excluding carboxylic acids is 1. The summed E-state index contributed by atoms with van der Waals surface area (Å²) in [6.07, 6.45) is 8.57. The van der Waals surface area contributed by atoms with Crippen molar-refractivity contribution in [3.63, 3.8) is 0 Å². The Kier molecular flexibility index (Phi) is 4.00. The van der Waals surface area contributed by atoms with Crippen molar-refractivity contribution in [1.29, 1.82) is 0 Å². The SMILES string of the molecule is CCCOc1cncc(C(=O)C2(C)CCCC2)c1. The maximum Gasteiger partial charge on any atom is 0.170 e. The Labute approximate surface area is 109 Å². The van der Waals surface area contributed by atoms with Gasteiger partial charge >= 0.3 is 0 Å². The topological polar surface area (TPSA) is 39.2 Å². The summed E-state index contributed by atoms with van der Waals surface area (Å²) in [5, 5.41) is 0. The highest BCUT2D eigenvalue weighted by Gasteiger charge is 2.36. The van der Waals surface area contributed by atoms with Gasteiger partial charge in [0.25, 0.3) is 0 Å². The molecule has 1 fully saturated rings. The molecule has 0 radical (unpaired) electrons. The van der Waals surface area contributed by atoms with Gasteiger partial charge in [-0.2, -0.15) is 0 Å². The van der Waals surface area contributed by atoms with Crippen molar-refractivity contribution in [1.82, 2.24) is 4.98 Å². The van der Waals surface area contributed by atoms with Gasteiger partial charge in [0, 0.05) is 17.2 Å². The Hall–Kier alpha value is -1.38. The fraction of sp³-hybridized carbons (Fsp3) is 0.600. The van der Waals surface area contributed by atoms with Gasteiger partial charge in [0.15, 0.2) is 5.78 Å². The predicted octanol–water partition coefficient (Wildman–Crippen LogP) is 3.63. The third-order valence-electron chi connectivity index (χ3n) is 3.70. The van der Waals surface area contributed by atoms with Gasteiger partial charge in [-0.25, -0.2) is 0 Å². The zero-order valence-electron chi connectivity index (χ0n) is 11.2. The monoisotopic (exact) mass is 247 g/mol. The summed E-state index contributed by atoms with van der Waals surface area (Å²) in [5.41, 5.74) is 0.499. The first-order chi connectivity index (χ1) is 8.65. The molecule has 0 aliphatic heterocycles. The number of pyridine rings is 1. The molecule has 1 heterocycles. The molecule has 0 bridgehead atoms. The summed E-state index contributed by atoms with van der Waals surface area (Å²) < 4.78 is 5.53. The Morgan fingerprint density at radius 3 is 2.78 bits per heavy atom. The molecule has 0 unspecified atom stereocenters. The molecule has 1 aliphatic rings. The summed E-state index contributed by atoms with van der Waals surface area (Å²) in [6, 6.07) is 1.83. The van der Waals surface area contributed by atoms with Crippen molar-refractivity contribution >= 4 is 5.78 Å². The lowest BCUT2D eigenvalue weighted by Gasteiger charge is -2.21. The Morgan fingerprint density at radius 2 is 2.11 bits per heavy atom. The number of nitrogens with zero attached hydrogens (tertiary/aromatic N) is 1. The van der Waals surface area contributed by atoms with Crippen LogP contribution in [0, 0.1) is 5.41 Å². The normalized spacial score (nSPS) is 17.7. The van der Waals surface area contributed by atoms with E-state index in [0.717, 1.165) is 32.1 Å². The molecule has 98 valence electrons. The molecule has 0 saturated heterocycles. The first kappa shape index (κ1) is 13.1. The van der Waals surface area contributed by atoms with Crippen molar-refractivity contribution in [2.45, 2.75) is 46.0 Å². The van der Waals surface area contributed by atoms with Gasteiger partial charge in [0.05, 0.1) is 12.8 Å². The molecule has 18 heavy (non-hydrogen) atoms. The van der Waals surface area contributed by atoms with Gasteiger partial charge in [-0.1, -0.05) is 26.7 Å². The Balaban J connectivity index is 2.15. The van der Waals surface area contributed by atoms with Crippen LogP contribution in [-0.2, 0) is 0 Å². The molecular weight excluding hydrogens is 226 g/mol. The lowest BCUT2D eigenvalue weighted by atomic mass is 9.81. The molecule has 0 atom stereocenters. The van der Waals surface area contributed by atoms with Crippen LogP contribution in [0.25, 0.3) is 0 Å². The Bertz CT molecular complexity index is 422. The zero-order chi connectivity index (χ0) is 13.0. The number of ketones is 1. The van der Waals surface area contributed by atoms with Gasteiger partial charge in [-0.05, 0) is 25.3 Å². The maximum atomic E-state index is 12.5. The van der Waals surface area contributed by atoms with Crippen LogP contribution in [0.5, 0.6) is 5.75 Å². The van der Waals surface area contributed by atoms with Gasteiger partial charge < -0.3 is 4.74 Å². The third kappa shape index (κ3) is 2.71. The van der Waals surface area contributed by atoms with E-state index in [1.165, 1.54) is 0 Å². The number of ether oxygens (including phenoxy) is 1. The van der Waals surface area contributed by atoms with Crippen LogP contribution in [0.15, 0.2) is 18.5 Å². The van der Waals surface area contributed by atoms with E-state index in [9.17, 15) is 4.79 Å². The maximum absolute atomic E-state index is 12.5. The number of rotatable bonds is 5. The van der Waals surface area contributed by atoms with E-state index in [1.807, 2.05) is 6.07 Å². The van der Waals surface area contributed by atoms with Crippen molar-refractivity contribution in [3.8, 4) is 5.75 Å². The average molecular weight is 247 g/mol. The quantitative estimate of drug-likeness (QED) is 0.746. The highest BCUT2D eigenvalue weighted by molar-refractivity contribution is 6.00. The average Bonchev–Trinajstić information content (AvgIpc) is 2.84. The number of Topliss-reactive ketones (excluding diaryl/α,β-unsaturated/α-hetero) is 1. The lowest BCUT2D eigenvalue weighted by molar-refractivity contribution is 0.0822. The standard InChI is InChI=1S/C15H21NO2/c1-3-8-18-13-9-12(10-16-11-13)14(17)15(2)6-4-5-7-15/h9-11H,3-8H2,1-2H3. The van der Waals surface area contributed by atoms with Crippen LogP contribution < -0.4 is 4.74 Å². The van der Waals surface area contributed by atoms with Crippen molar-refractivity contribution in [2.75, 3.05) is 6.61 Å². The van der Waals surface area contributed by atoms with E-state index in [2.05, 4.69) is 18.8 Å². The van der Waals surface area contributed by atoms with Crippen LogP contribution in [0.2, 0.25) is 0 Å². The molecule has 1 aliphatic carbocycles. The van der Waals surface area contributed by atoms with Crippen molar-refractivity contribution < 1.29 is 9.53 Å². The van der Waals surface area contributed by atoms with Crippen molar-refractivity contribution in [2.24, 2.45) is 5.41 Å². The molecular formula is C15H21NO2. The van der Waals surface area contributed by atoms with Gasteiger partial charge in [-0.3, -0.25) is 9.78 Å². The minimum Gasteiger partial charge on any atom is -0.492 e. The molecule has 0 aromatic carbocycles. The molecule has 3 heteroatoms. The predicted molar refractivity (Wildman–Crippen MR) is 70.9 cm³/mol. The van der Waals surface area contributed by atoms with E-state index in [4.69, 9.17) is 4.74 Å². The number of hydrogen-bond acceptors (Lipinski definition) is 3. The van der Waals surface area contributed by atoms with Gasteiger partial charge in [-0.15, -0.1) is 0 Å². The van der Waals surface area contributed by atoms with E-state index in [-0.39, 0.29) is 11.2 Å². The van der Waals surface area contributed by atoms with Crippen molar-refractivity contribution in [3.05, 3.63) is 24.0 Å². The molecule has 1 aromatic heterocycles. The fourth-order valence-electron chi connectivity index (χ4n) is 2.57. The summed E-state index contributed by atoms with van der Waals surface area (Å²) >= 11 is 0. The molecule has 0 N–H and O–H groups in total. The van der Waals surface area contributed by atoms with E-state index in [1.54, 1.807) is 12.4 Å². The minimum absolute atomic E-state index is 0.189. The minimum atomic E-state index is -0.189. The second kappa shape index (κ2) is 5.51. The third-order valence-corrected chi connectivity index (χ3v) is 3.70. The van der Waals surface area contributed by atoms with Crippen LogP contribution in [-0.4, -0.2) is 17.4 Å². The van der Waals surface area contributed by atoms with Gasteiger partial charge in [0.1, 0.15) is 5.75 Å². The molecule has 0 amide bonds. The summed E-state index contributed by atoms with van der Waals surface area (Å²) in [5.74, 6) is 0.916. The molecule has 1 aromatic rings. The number of carbonyl (C=O) groups is 1. The van der Waals surface area contributed by atoms with E-state index >= 15 is 0 Å². The Morgan fingerprint density at radius 1 is 1.39 bits per heavy atom. The van der Waals surface area contributed by atoms with E-state index in [0.29, 0.717) is 17.9 Å². The molecule has 0 spiro atoms. The van der Waals surface area contributed by atoms with Crippen LogP contribution >= 0.6 is 0 Å². The number of hydrogen-bond donors (Lipinski definition) is 0. The lowest BCUT2D eigenvalue weighted by Crippen LogP contribution is -2.24. The van der Waals surface area contributed by atoms with Crippen LogP contribution in [0.4, 0.5) is 0 Å². The summed E-state index contributed by atoms with van der Waals surface area (Å²) in [6.45, 7) is 4.79.